The van der Waals surface area contributed by atoms with E-state index in [-0.39, 0.29) is 39.1 Å². The SMILES string of the molecule is Cc1ccc(S(=O)(=O)N(CC(=O)N(Cc2ccccc2C)[C@H](C)C(=O)NC2CCCCC2)c2ccc(Cl)c(Cl)c2)cc1. The van der Waals surface area contributed by atoms with Crippen LogP contribution in [0.1, 0.15) is 55.7 Å². The van der Waals surface area contributed by atoms with E-state index in [1.54, 1.807) is 19.1 Å². The zero-order valence-electron chi connectivity index (χ0n) is 24.1. The second-order valence-corrected chi connectivity index (χ2v) is 13.6. The Morgan fingerprint density at radius 2 is 1.60 bits per heavy atom. The Bertz CT molecular complexity index is 1520. The fourth-order valence-electron chi connectivity index (χ4n) is 5.13. The molecule has 0 heterocycles. The van der Waals surface area contributed by atoms with Crippen molar-refractivity contribution in [1.29, 1.82) is 0 Å². The number of carbonyl (C=O) groups excluding carboxylic acids is 2. The van der Waals surface area contributed by atoms with Gasteiger partial charge in [-0.15, -0.1) is 0 Å². The van der Waals surface area contributed by atoms with Gasteiger partial charge in [0, 0.05) is 12.6 Å². The molecule has 3 aromatic carbocycles. The number of amides is 2. The van der Waals surface area contributed by atoms with E-state index in [0.29, 0.717) is 0 Å². The van der Waals surface area contributed by atoms with Crippen molar-refractivity contribution in [2.75, 3.05) is 10.8 Å². The first kappa shape index (κ1) is 31.9. The number of rotatable bonds is 10. The van der Waals surface area contributed by atoms with Crippen molar-refractivity contribution in [3.05, 3.63) is 93.5 Å². The van der Waals surface area contributed by atoms with Crippen LogP contribution < -0.4 is 9.62 Å². The summed E-state index contributed by atoms with van der Waals surface area (Å²) in [5.41, 5.74) is 2.91. The minimum Gasteiger partial charge on any atom is -0.352 e. The molecule has 1 aliphatic carbocycles. The average Bonchev–Trinajstić information content (AvgIpc) is 2.97. The first-order chi connectivity index (χ1) is 20.0. The Labute approximate surface area is 258 Å². The van der Waals surface area contributed by atoms with E-state index in [9.17, 15) is 18.0 Å². The third-order valence-electron chi connectivity index (χ3n) is 7.80. The number of nitrogens with one attached hydrogen (secondary N) is 1. The molecule has 0 radical (unpaired) electrons. The van der Waals surface area contributed by atoms with Crippen LogP contribution >= 0.6 is 23.2 Å². The first-order valence-corrected chi connectivity index (χ1v) is 16.4. The Hall–Kier alpha value is -3.07. The van der Waals surface area contributed by atoms with Gasteiger partial charge in [0.25, 0.3) is 10.0 Å². The molecule has 0 aliphatic heterocycles. The van der Waals surface area contributed by atoms with E-state index >= 15 is 0 Å². The van der Waals surface area contributed by atoms with Crippen LogP contribution in [0.4, 0.5) is 5.69 Å². The van der Waals surface area contributed by atoms with Gasteiger partial charge in [-0.2, -0.15) is 0 Å². The normalized spacial score (nSPS) is 14.7. The molecule has 2 amide bonds. The largest absolute Gasteiger partial charge is 0.352 e. The van der Waals surface area contributed by atoms with Gasteiger partial charge in [0.05, 0.1) is 20.6 Å². The molecule has 0 aromatic heterocycles. The van der Waals surface area contributed by atoms with Crippen molar-refractivity contribution in [2.24, 2.45) is 0 Å². The van der Waals surface area contributed by atoms with Crippen LogP contribution in [0.25, 0.3) is 0 Å². The third kappa shape index (κ3) is 7.65. The van der Waals surface area contributed by atoms with Gasteiger partial charge in [-0.1, -0.05) is 84.4 Å². The highest BCUT2D eigenvalue weighted by atomic mass is 35.5. The number of carbonyl (C=O) groups is 2. The van der Waals surface area contributed by atoms with Crippen LogP contribution in [0.3, 0.4) is 0 Å². The molecule has 0 bridgehead atoms. The van der Waals surface area contributed by atoms with Gasteiger partial charge in [0.15, 0.2) is 0 Å². The van der Waals surface area contributed by atoms with E-state index in [4.69, 9.17) is 23.2 Å². The van der Waals surface area contributed by atoms with Crippen LogP contribution in [0, 0.1) is 13.8 Å². The summed E-state index contributed by atoms with van der Waals surface area (Å²) in [7, 11) is -4.20. The lowest BCUT2D eigenvalue weighted by atomic mass is 9.95. The summed E-state index contributed by atoms with van der Waals surface area (Å²) in [4.78, 5) is 29.1. The van der Waals surface area contributed by atoms with Gasteiger partial charge in [0.2, 0.25) is 11.8 Å². The smallest absolute Gasteiger partial charge is 0.264 e. The van der Waals surface area contributed by atoms with Crippen molar-refractivity contribution in [2.45, 2.75) is 76.4 Å². The standard InChI is InChI=1S/C32H37Cl2N3O4S/c1-22-13-16-28(17-14-22)42(40,41)37(27-15-18-29(33)30(34)19-27)21-31(38)36(20-25-10-8-7-9-23(25)2)24(3)32(39)35-26-11-5-4-6-12-26/h7-10,13-19,24,26H,4-6,11-12,20-21H2,1-3H3,(H,35,39)/t24-/m1/s1. The minimum atomic E-state index is -4.20. The zero-order valence-corrected chi connectivity index (χ0v) is 26.5. The number of aryl methyl sites for hydroxylation is 2. The molecule has 4 rings (SSSR count). The second kappa shape index (κ2) is 13.9. The lowest BCUT2D eigenvalue weighted by molar-refractivity contribution is -0.139. The molecule has 0 spiro atoms. The van der Waals surface area contributed by atoms with Gasteiger partial charge in [-0.05, 0) is 75.1 Å². The molecule has 1 atom stereocenters. The Kier molecular flexibility index (Phi) is 10.6. The van der Waals surface area contributed by atoms with Gasteiger partial charge >= 0.3 is 0 Å². The average molecular weight is 631 g/mol. The molecule has 3 aromatic rings. The quantitative estimate of drug-likeness (QED) is 0.271. The molecule has 7 nitrogen and oxygen atoms in total. The van der Waals surface area contributed by atoms with Gasteiger partial charge < -0.3 is 10.2 Å². The van der Waals surface area contributed by atoms with E-state index in [1.807, 2.05) is 38.1 Å². The topological polar surface area (TPSA) is 86.8 Å². The van der Waals surface area contributed by atoms with Gasteiger partial charge in [0.1, 0.15) is 12.6 Å². The Morgan fingerprint density at radius 1 is 0.929 bits per heavy atom. The summed E-state index contributed by atoms with van der Waals surface area (Å²) in [6.07, 6.45) is 5.08. The molecular weight excluding hydrogens is 593 g/mol. The molecule has 1 aliphatic rings. The Morgan fingerprint density at radius 3 is 2.24 bits per heavy atom. The van der Waals surface area contributed by atoms with E-state index in [0.717, 1.165) is 53.1 Å². The molecule has 224 valence electrons. The van der Waals surface area contributed by atoms with Crippen molar-refractivity contribution in [1.82, 2.24) is 10.2 Å². The summed E-state index contributed by atoms with van der Waals surface area (Å²) in [5.74, 6) is -0.780. The molecule has 1 saturated carbocycles. The number of anilines is 1. The fraction of sp³-hybridized carbons (Fsp3) is 0.375. The highest BCUT2D eigenvalue weighted by Crippen LogP contribution is 2.31. The highest BCUT2D eigenvalue weighted by molar-refractivity contribution is 7.92. The van der Waals surface area contributed by atoms with Crippen LogP contribution in [-0.4, -0.2) is 43.8 Å². The minimum absolute atomic E-state index is 0.0283. The molecule has 1 N–H and O–H groups in total. The van der Waals surface area contributed by atoms with Crippen LogP contribution in [0.15, 0.2) is 71.6 Å². The number of benzene rings is 3. The first-order valence-electron chi connectivity index (χ1n) is 14.2. The van der Waals surface area contributed by atoms with Crippen molar-refractivity contribution in [3.8, 4) is 0 Å². The fourth-order valence-corrected chi connectivity index (χ4v) is 6.83. The summed E-state index contributed by atoms with van der Waals surface area (Å²) >= 11 is 12.4. The van der Waals surface area contributed by atoms with Crippen molar-refractivity contribution < 1.29 is 18.0 Å². The number of sulfonamides is 1. The third-order valence-corrected chi connectivity index (χ3v) is 10.3. The summed E-state index contributed by atoms with van der Waals surface area (Å²) in [5, 5.41) is 3.53. The maximum absolute atomic E-state index is 14.1. The molecule has 10 heteroatoms. The maximum Gasteiger partial charge on any atom is 0.264 e. The van der Waals surface area contributed by atoms with Crippen LogP contribution in [0.2, 0.25) is 10.0 Å². The molecule has 42 heavy (non-hydrogen) atoms. The molecule has 0 unspecified atom stereocenters. The van der Waals surface area contributed by atoms with Gasteiger partial charge in [-0.3, -0.25) is 13.9 Å². The van der Waals surface area contributed by atoms with Crippen LogP contribution in [0.5, 0.6) is 0 Å². The number of halogens is 2. The monoisotopic (exact) mass is 629 g/mol. The van der Waals surface area contributed by atoms with Crippen molar-refractivity contribution >= 4 is 50.7 Å². The number of hydrogen-bond acceptors (Lipinski definition) is 4. The molecule has 1 fully saturated rings. The van der Waals surface area contributed by atoms with Crippen LogP contribution in [-0.2, 0) is 26.2 Å². The molecular formula is C32H37Cl2N3O4S. The van der Waals surface area contributed by atoms with Gasteiger partial charge in [-0.25, -0.2) is 8.42 Å². The molecule has 0 saturated heterocycles. The second-order valence-electron chi connectivity index (χ2n) is 10.9. The summed E-state index contributed by atoms with van der Waals surface area (Å²) < 4.78 is 29.0. The van der Waals surface area contributed by atoms with Crippen molar-refractivity contribution in [3.63, 3.8) is 0 Å². The Balaban J connectivity index is 1.70. The zero-order chi connectivity index (χ0) is 30.4. The van der Waals surface area contributed by atoms with E-state index in [2.05, 4.69) is 5.32 Å². The lowest BCUT2D eigenvalue weighted by Gasteiger charge is -2.33. The number of nitrogens with zero attached hydrogens (tertiary/aromatic N) is 2. The predicted octanol–water partition coefficient (Wildman–Crippen LogP) is 6.67. The summed E-state index contributed by atoms with van der Waals surface area (Å²) in [6.45, 7) is 5.09. The maximum atomic E-state index is 14.1. The van der Waals surface area contributed by atoms with E-state index < -0.39 is 28.5 Å². The highest BCUT2D eigenvalue weighted by Gasteiger charge is 2.33. The van der Waals surface area contributed by atoms with E-state index in [1.165, 1.54) is 35.2 Å². The number of hydrogen-bond donors (Lipinski definition) is 1. The summed E-state index contributed by atoms with van der Waals surface area (Å²) in [6, 6.07) is 17.7. The lowest BCUT2D eigenvalue weighted by Crippen LogP contribution is -2.53. The predicted molar refractivity (Wildman–Crippen MR) is 168 cm³/mol.